The van der Waals surface area contributed by atoms with E-state index in [1.807, 2.05) is 19.1 Å². The summed E-state index contributed by atoms with van der Waals surface area (Å²) in [5.74, 6) is 0.107. The summed E-state index contributed by atoms with van der Waals surface area (Å²) in [6.45, 7) is 2.05. The number of aryl methyl sites for hydroxylation is 1. The molecule has 0 atom stereocenters. The molecular weight excluding hydrogens is 222 g/mol. The molecule has 0 aromatic carbocycles. The third kappa shape index (κ3) is 1.37. The molecule has 0 saturated carbocycles. The number of aromatic nitrogens is 3. The topological polar surface area (TPSA) is 50.4 Å². The van der Waals surface area contributed by atoms with E-state index in [1.165, 1.54) is 9.39 Å². The number of hydrogen-bond donors (Lipinski definition) is 1. The molecule has 3 aromatic rings. The van der Waals surface area contributed by atoms with Crippen molar-refractivity contribution in [2.75, 3.05) is 0 Å². The Labute approximate surface area is 95.8 Å². The number of hydrogen-bond acceptors (Lipinski definition) is 4. The highest BCUT2D eigenvalue weighted by Gasteiger charge is 2.08. The molecule has 0 bridgehead atoms. The zero-order valence-corrected chi connectivity index (χ0v) is 9.40. The van der Waals surface area contributed by atoms with Crippen LogP contribution in [0.25, 0.3) is 16.2 Å². The average molecular weight is 231 g/mol. The van der Waals surface area contributed by atoms with E-state index in [9.17, 15) is 5.11 Å². The maximum Gasteiger partial charge on any atom is 0.216 e. The minimum absolute atomic E-state index is 0.107. The number of fused-ring (bicyclic) bond motifs is 1. The molecule has 0 aliphatic carbocycles. The summed E-state index contributed by atoms with van der Waals surface area (Å²) in [7, 11) is 0. The van der Waals surface area contributed by atoms with Crippen LogP contribution in [0.5, 0.6) is 5.88 Å². The van der Waals surface area contributed by atoms with Gasteiger partial charge in [-0.05, 0) is 19.1 Å². The predicted octanol–water partition coefficient (Wildman–Crippen LogP) is 2.47. The molecule has 3 rings (SSSR count). The van der Waals surface area contributed by atoms with Crippen molar-refractivity contribution in [3.05, 3.63) is 35.3 Å². The normalized spacial score (nSPS) is 11.1. The Morgan fingerprint density at radius 3 is 2.94 bits per heavy atom. The Balaban J connectivity index is 2.24. The van der Waals surface area contributed by atoms with Crippen LogP contribution in [0.1, 0.15) is 4.88 Å². The van der Waals surface area contributed by atoms with Gasteiger partial charge in [0.05, 0.1) is 16.8 Å². The molecule has 3 aromatic heterocycles. The molecule has 0 amide bonds. The lowest BCUT2D eigenvalue weighted by atomic mass is 10.3. The maximum atomic E-state index is 9.77. The molecule has 0 saturated heterocycles. The summed E-state index contributed by atoms with van der Waals surface area (Å²) in [5, 5.41) is 13.7. The van der Waals surface area contributed by atoms with Crippen LogP contribution in [0.3, 0.4) is 0 Å². The second-order valence-electron chi connectivity index (χ2n) is 3.51. The highest BCUT2D eigenvalue weighted by molar-refractivity contribution is 7.15. The first-order chi connectivity index (χ1) is 7.74. The molecular formula is C11H9N3OS. The smallest absolute Gasteiger partial charge is 0.216 e. The molecule has 80 valence electrons. The van der Waals surface area contributed by atoms with Crippen LogP contribution in [-0.2, 0) is 0 Å². The monoisotopic (exact) mass is 231 g/mol. The molecule has 16 heavy (non-hydrogen) atoms. The van der Waals surface area contributed by atoms with Crippen molar-refractivity contribution in [1.29, 1.82) is 0 Å². The minimum atomic E-state index is 0.107. The van der Waals surface area contributed by atoms with Crippen molar-refractivity contribution < 1.29 is 5.11 Å². The van der Waals surface area contributed by atoms with Gasteiger partial charge in [-0.1, -0.05) is 0 Å². The average Bonchev–Trinajstić information content (AvgIpc) is 2.85. The Bertz CT molecular complexity index is 656. The fourth-order valence-corrected chi connectivity index (χ4v) is 2.42. The predicted molar refractivity (Wildman–Crippen MR) is 62.7 cm³/mol. The van der Waals surface area contributed by atoms with E-state index >= 15 is 0 Å². The second-order valence-corrected chi connectivity index (χ2v) is 4.80. The lowest BCUT2D eigenvalue weighted by Gasteiger charge is -2.00. The molecule has 0 unspecified atom stereocenters. The van der Waals surface area contributed by atoms with Gasteiger partial charge in [0.25, 0.3) is 0 Å². The quantitative estimate of drug-likeness (QED) is 0.700. The zero-order chi connectivity index (χ0) is 11.1. The van der Waals surface area contributed by atoms with Crippen molar-refractivity contribution in [1.82, 2.24) is 14.6 Å². The highest BCUT2D eigenvalue weighted by Crippen LogP contribution is 2.28. The first-order valence-corrected chi connectivity index (χ1v) is 5.66. The largest absolute Gasteiger partial charge is 0.493 e. The number of aromatic hydroxyl groups is 1. The van der Waals surface area contributed by atoms with Crippen LogP contribution in [0.2, 0.25) is 0 Å². The Morgan fingerprint density at radius 2 is 2.19 bits per heavy atom. The van der Waals surface area contributed by atoms with Crippen molar-refractivity contribution in [2.24, 2.45) is 0 Å². The fraction of sp³-hybridized carbons (Fsp3) is 0.0909. The SMILES string of the molecule is Cc1ccc(-c2cc(O)n3nccc3n2)s1. The summed E-state index contributed by atoms with van der Waals surface area (Å²) in [6, 6.07) is 7.45. The molecule has 0 fully saturated rings. The second kappa shape index (κ2) is 3.31. The van der Waals surface area contributed by atoms with Crippen LogP contribution in [0.15, 0.2) is 30.5 Å². The summed E-state index contributed by atoms with van der Waals surface area (Å²) in [6.07, 6.45) is 1.62. The summed E-state index contributed by atoms with van der Waals surface area (Å²) in [5.41, 5.74) is 1.43. The van der Waals surface area contributed by atoms with Crippen molar-refractivity contribution in [3.63, 3.8) is 0 Å². The highest BCUT2D eigenvalue weighted by atomic mass is 32.1. The van der Waals surface area contributed by atoms with Crippen LogP contribution in [0.4, 0.5) is 0 Å². The van der Waals surface area contributed by atoms with E-state index in [0.717, 1.165) is 10.6 Å². The third-order valence-corrected chi connectivity index (χ3v) is 3.36. The third-order valence-electron chi connectivity index (χ3n) is 2.33. The van der Waals surface area contributed by atoms with Crippen LogP contribution < -0.4 is 0 Å². The van der Waals surface area contributed by atoms with Gasteiger partial charge >= 0.3 is 0 Å². The van der Waals surface area contributed by atoms with Crippen LogP contribution >= 0.6 is 11.3 Å². The van der Waals surface area contributed by atoms with Gasteiger partial charge in [0.15, 0.2) is 5.65 Å². The van der Waals surface area contributed by atoms with Gasteiger partial charge in [-0.25, -0.2) is 4.98 Å². The number of thiophene rings is 1. The van der Waals surface area contributed by atoms with Gasteiger partial charge in [0, 0.05) is 17.0 Å². The summed E-state index contributed by atoms with van der Waals surface area (Å²) in [4.78, 5) is 6.71. The van der Waals surface area contributed by atoms with Crippen molar-refractivity contribution >= 4 is 17.0 Å². The Morgan fingerprint density at radius 1 is 1.31 bits per heavy atom. The summed E-state index contributed by atoms with van der Waals surface area (Å²) < 4.78 is 1.41. The number of rotatable bonds is 1. The van der Waals surface area contributed by atoms with E-state index in [4.69, 9.17) is 0 Å². The van der Waals surface area contributed by atoms with Gasteiger partial charge < -0.3 is 5.11 Å². The van der Waals surface area contributed by atoms with E-state index in [2.05, 4.69) is 10.1 Å². The van der Waals surface area contributed by atoms with Crippen LogP contribution in [-0.4, -0.2) is 19.7 Å². The molecule has 4 nitrogen and oxygen atoms in total. The standard InChI is InChI=1S/C11H9N3OS/c1-7-2-3-9(16-7)8-6-11(15)14-10(13-8)4-5-12-14/h2-6,15H,1H3. The van der Waals surface area contributed by atoms with Gasteiger partial charge in [-0.15, -0.1) is 11.3 Å². The first-order valence-electron chi connectivity index (χ1n) is 4.84. The molecule has 0 aliphatic heterocycles. The van der Waals surface area contributed by atoms with E-state index in [-0.39, 0.29) is 5.88 Å². The minimum Gasteiger partial charge on any atom is -0.493 e. The Hall–Kier alpha value is -1.88. The molecule has 3 heterocycles. The van der Waals surface area contributed by atoms with Crippen molar-refractivity contribution in [2.45, 2.75) is 6.92 Å². The molecule has 5 heteroatoms. The Kier molecular flexibility index (Phi) is 1.94. The van der Waals surface area contributed by atoms with Gasteiger partial charge in [0.1, 0.15) is 0 Å². The van der Waals surface area contributed by atoms with Gasteiger partial charge in [-0.3, -0.25) is 0 Å². The van der Waals surface area contributed by atoms with Gasteiger partial charge in [0.2, 0.25) is 5.88 Å². The van der Waals surface area contributed by atoms with Crippen molar-refractivity contribution in [3.8, 4) is 16.5 Å². The number of nitrogens with zero attached hydrogens (tertiary/aromatic N) is 3. The zero-order valence-electron chi connectivity index (χ0n) is 8.58. The molecule has 0 radical (unpaired) electrons. The van der Waals surface area contributed by atoms with E-state index < -0.39 is 0 Å². The fourth-order valence-electron chi connectivity index (χ4n) is 1.60. The first kappa shape index (κ1) is 9.35. The van der Waals surface area contributed by atoms with Gasteiger partial charge in [-0.2, -0.15) is 9.61 Å². The summed E-state index contributed by atoms with van der Waals surface area (Å²) >= 11 is 1.66. The molecule has 0 aliphatic rings. The lowest BCUT2D eigenvalue weighted by molar-refractivity contribution is 0.436. The molecule has 0 spiro atoms. The van der Waals surface area contributed by atoms with Crippen LogP contribution in [0, 0.1) is 6.92 Å². The lowest BCUT2D eigenvalue weighted by Crippen LogP contribution is -1.92. The maximum absolute atomic E-state index is 9.77. The molecule has 1 N–H and O–H groups in total. The van der Waals surface area contributed by atoms with E-state index in [0.29, 0.717) is 5.65 Å². The van der Waals surface area contributed by atoms with E-state index in [1.54, 1.807) is 29.7 Å².